The Balaban J connectivity index is 1.35. The zero-order valence-electron chi connectivity index (χ0n) is 27.9. The molecule has 7 aromatic rings. The predicted molar refractivity (Wildman–Crippen MR) is 209 cm³/mol. The molecule has 3 heteroatoms. The summed E-state index contributed by atoms with van der Waals surface area (Å²) in [5.74, 6) is 0. The molecule has 3 nitrogen and oxygen atoms in total. The molecule has 49 heavy (non-hydrogen) atoms. The lowest BCUT2D eigenvalue weighted by Gasteiger charge is -2.34. The normalized spacial score (nSPS) is 12.2. The molecule has 0 fully saturated rings. The second kappa shape index (κ2) is 13.2. The first-order valence-electron chi connectivity index (χ1n) is 17.2. The van der Waals surface area contributed by atoms with Crippen LogP contribution in [0.4, 0.5) is 45.5 Å². The van der Waals surface area contributed by atoms with E-state index in [0.717, 1.165) is 40.5 Å². The van der Waals surface area contributed by atoms with Crippen LogP contribution in [0.5, 0.6) is 0 Å². The van der Waals surface area contributed by atoms with E-state index in [-0.39, 0.29) is 6.04 Å². The Hall–Kier alpha value is -6.06. The SMILES string of the molecule is CCC(C)N1c2ccc(N(c3ccccc3)c3ccccc3)cc2-c2ccccc2-c2cc(N(c3ccccc3)c3ccccc3)ccc21. The molecule has 0 N–H and O–H groups in total. The quantitative estimate of drug-likeness (QED) is 0.165. The van der Waals surface area contributed by atoms with Crippen molar-refractivity contribution in [2.45, 2.75) is 26.3 Å². The van der Waals surface area contributed by atoms with Gasteiger partial charge in [0.1, 0.15) is 0 Å². The van der Waals surface area contributed by atoms with Crippen molar-refractivity contribution in [2.24, 2.45) is 0 Å². The highest BCUT2D eigenvalue weighted by molar-refractivity contribution is 6.02. The molecule has 0 aliphatic carbocycles. The molecular weight excluding hydrogens is 595 g/mol. The van der Waals surface area contributed by atoms with Crippen LogP contribution in [0.25, 0.3) is 22.3 Å². The van der Waals surface area contributed by atoms with Crippen molar-refractivity contribution < 1.29 is 0 Å². The summed E-state index contributed by atoms with van der Waals surface area (Å²) in [6.45, 7) is 4.62. The molecule has 0 radical (unpaired) electrons. The Bertz CT molecular complexity index is 1950. The fourth-order valence-corrected chi connectivity index (χ4v) is 7.12. The largest absolute Gasteiger partial charge is 0.338 e. The number of hydrogen-bond acceptors (Lipinski definition) is 3. The monoisotopic (exact) mass is 633 g/mol. The molecule has 7 aromatic carbocycles. The third-order valence-electron chi connectivity index (χ3n) is 9.59. The van der Waals surface area contributed by atoms with E-state index in [1.165, 1.54) is 33.6 Å². The molecule has 8 rings (SSSR count). The molecule has 1 heterocycles. The van der Waals surface area contributed by atoms with Crippen LogP contribution in [0.1, 0.15) is 20.3 Å². The fourth-order valence-electron chi connectivity index (χ4n) is 7.12. The van der Waals surface area contributed by atoms with Crippen LogP contribution in [0.3, 0.4) is 0 Å². The van der Waals surface area contributed by atoms with Gasteiger partial charge in [0.2, 0.25) is 0 Å². The molecule has 0 saturated heterocycles. The summed E-state index contributed by atoms with van der Waals surface area (Å²) in [5.41, 5.74) is 14.1. The van der Waals surface area contributed by atoms with Gasteiger partial charge >= 0.3 is 0 Å². The summed E-state index contributed by atoms with van der Waals surface area (Å²) < 4.78 is 0. The van der Waals surface area contributed by atoms with Gasteiger partial charge in [-0.3, -0.25) is 0 Å². The van der Waals surface area contributed by atoms with Crippen molar-refractivity contribution in [2.75, 3.05) is 14.7 Å². The Labute approximate surface area is 290 Å². The maximum absolute atomic E-state index is 2.56. The lowest BCUT2D eigenvalue weighted by molar-refractivity contribution is 0.689. The van der Waals surface area contributed by atoms with E-state index in [1.807, 2.05) is 0 Å². The first-order valence-corrected chi connectivity index (χ1v) is 17.2. The van der Waals surface area contributed by atoms with Gasteiger partial charge in [-0.05, 0) is 109 Å². The summed E-state index contributed by atoms with van der Waals surface area (Å²) in [6, 6.07) is 65.8. The topological polar surface area (TPSA) is 9.72 Å². The van der Waals surface area contributed by atoms with Crippen LogP contribution in [-0.2, 0) is 0 Å². The predicted octanol–water partition coefficient (Wildman–Crippen LogP) is 13.2. The van der Waals surface area contributed by atoms with Crippen molar-refractivity contribution >= 4 is 45.5 Å². The molecule has 1 aliphatic heterocycles. The lowest BCUT2D eigenvalue weighted by Crippen LogP contribution is -2.28. The summed E-state index contributed by atoms with van der Waals surface area (Å²) in [4.78, 5) is 7.26. The van der Waals surface area contributed by atoms with Crippen molar-refractivity contribution in [1.82, 2.24) is 0 Å². The summed E-state index contributed by atoms with van der Waals surface area (Å²) in [5, 5.41) is 0. The molecule has 0 bridgehead atoms. The minimum atomic E-state index is 0.280. The van der Waals surface area contributed by atoms with Crippen molar-refractivity contribution in [3.05, 3.63) is 182 Å². The minimum absolute atomic E-state index is 0.280. The maximum Gasteiger partial charge on any atom is 0.0494 e. The molecular formula is C46H39N3. The minimum Gasteiger partial charge on any atom is -0.338 e. The van der Waals surface area contributed by atoms with Crippen LogP contribution < -0.4 is 14.7 Å². The van der Waals surface area contributed by atoms with Gasteiger partial charge in [0, 0.05) is 62.7 Å². The molecule has 1 unspecified atom stereocenters. The lowest BCUT2D eigenvalue weighted by atomic mass is 9.93. The second-order valence-corrected chi connectivity index (χ2v) is 12.6. The summed E-state index contributed by atoms with van der Waals surface area (Å²) in [7, 11) is 0. The first-order chi connectivity index (χ1) is 24.2. The van der Waals surface area contributed by atoms with Gasteiger partial charge in [0.25, 0.3) is 0 Å². The van der Waals surface area contributed by atoms with Crippen molar-refractivity contribution in [3.8, 4) is 22.3 Å². The summed E-state index contributed by atoms with van der Waals surface area (Å²) >= 11 is 0. The van der Waals surface area contributed by atoms with Gasteiger partial charge < -0.3 is 14.7 Å². The van der Waals surface area contributed by atoms with E-state index < -0.39 is 0 Å². The number of benzene rings is 7. The Morgan fingerprint density at radius 2 is 0.714 bits per heavy atom. The zero-order chi connectivity index (χ0) is 33.2. The Morgan fingerprint density at radius 1 is 0.388 bits per heavy atom. The van der Waals surface area contributed by atoms with Gasteiger partial charge in [-0.15, -0.1) is 0 Å². The van der Waals surface area contributed by atoms with Crippen LogP contribution in [0.2, 0.25) is 0 Å². The van der Waals surface area contributed by atoms with Crippen LogP contribution in [-0.4, -0.2) is 6.04 Å². The number of hydrogen-bond donors (Lipinski definition) is 0. The van der Waals surface area contributed by atoms with E-state index >= 15 is 0 Å². The molecule has 1 atom stereocenters. The second-order valence-electron chi connectivity index (χ2n) is 12.6. The number of para-hydroxylation sites is 4. The van der Waals surface area contributed by atoms with Crippen molar-refractivity contribution in [1.29, 1.82) is 0 Å². The highest BCUT2D eigenvalue weighted by Gasteiger charge is 2.29. The smallest absolute Gasteiger partial charge is 0.0494 e. The molecule has 0 saturated carbocycles. The number of anilines is 8. The number of nitrogens with zero attached hydrogens (tertiary/aromatic N) is 3. The van der Waals surface area contributed by atoms with E-state index in [2.05, 4.69) is 211 Å². The average Bonchev–Trinajstić information content (AvgIpc) is 3.29. The fraction of sp³-hybridized carbons (Fsp3) is 0.0870. The number of fused-ring (bicyclic) bond motifs is 5. The van der Waals surface area contributed by atoms with E-state index in [0.29, 0.717) is 0 Å². The summed E-state index contributed by atoms with van der Waals surface area (Å²) in [6.07, 6.45) is 1.01. The standard InChI is InChI=1S/C46H39N3/c1-3-34(2)47-45-30-28-39(48(35-18-8-4-9-19-35)36-20-10-5-11-21-36)32-43(45)41-26-16-17-27-42(41)44-33-40(29-31-46(44)47)49(37-22-12-6-13-23-37)38-24-14-7-15-25-38/h4-34H,3H2,1-2H3. The third kappa shape index (κ3) is 5.64. The highest BCUT2D eigenvalue weighted by Crippen LogP contribution is 2.52. The molecule has 0 aromatic heterocycles. The van der Waals surface area contributed by atoms with Gasteiger partial charge in [0.15, 0.2) is 0 Å². The van der Waals surface area contributed by atoms with E-state index in [9.17, 15) is 0 Å². The average molecular weight is 634 g/mol. The Morgan fingerprint density at radius 3 is 1.04 bits per heavy atom. The van der Waals surface area contributed by atoms with Crippen LogP contribution in [0, 0.1) is 0 Å². The maximum atomic E-state index is 2.56. The molecule has 0 spiro atoms. The molecule has 238 valence electrons. The zero-order valence-corrected chi connectivity index (χ0v) is 27.9. The van der Waals surface area contributed by atoms with Crippen LogP contribution >= 0.6 is 0 Å². The Kier molecular flexibility index (Phi) is 8.17. The van der Waals surface area contributed by atoms with E-state index in [4.69, 9.17) is 0 Å². The molecule has 0 amide bonds. The van der Waals surface area contributed by atoms with Gasteiger partial charge in [0.05, 0.1) is 0 Å². The third-order valence-corrected chi connectivity index (χ3v) is 9.59. The van der Waals surface area contributed by atoms with Gasteiger partial charge in [-0.1, -0.05) is 104 Å². The van der Waals surface area contributed by atoms with Crippen LogP contribution in [0.15, 0.2) is 182 Å². The number of rotatable bonds is 8. The molecule has 1 aliphatic rings. The van der Waals surface area contributed by atoms with Crippen molar-refractivity contribution in [3.63, 3.8) is 0 Å². The van der Waals surface area contributed by atoms with E-state index in [1.54, 1.807) is 0 Å². The van der Waals surface area contributed by atoms with Gasteiger partial charge in [-0.2, -0.15) is 0 Å². The highest BCUT2D eigenvalue weighted by atomic mass is 15.2. The first kappa shape index (κ1) is 30.3. The van der Waals surface area contributed by atoms with Gasteiger partial charge in [-0.25, -0.2) is 0 Å².